The van der Waals surface area contributed by atoms with Crippen molar-refractivity contribution in [2.45, 2.75) is 52.1 Å². The Balaban J connectivity index is 1.39. The Hall–Kier alpha value is -2.93. The molecule has 1 aliphatic rings. The zero-order valence-electron chi connectivity index (χ0n) is 18.1. The summed E-state index contributed by atoms with van der Waals surface area (Å²) >= 11 is 0. The molecule has 4 rings (SSSR count). The summed E-state index contributed by atoms with van der Waals surface area (Å²) in [6.07, 6.45) is 6.52. The highest BCUT2D eigenvalue weighted by Crippen LogP contribution is 2.31. The van der Waals surface area contributed by atoms with Gasteiger partial charge in [0.1, 0.15) is 12.4 Å². The Morgan fingerprint density at radius 2 is 1.90 bits per heavy atom. The molecule has 1 saturated carbocycles. The van der Waals surface area contributed by atoms with Gasteiger partial charge in [0, 0.05) is 6.07 Å². The highest BCUT2D eigenvalue weighted by atomic mass is 16.2. The molecule has 7 nitrogen and oxygen atoms in total. The first-order chi connectivity index (χ1) is 14.5. The summed E-state index contributed by atoms with van der Waals surface area (Å²) < 4.78 is 3.97. The third-order valence-corrected chi connectivity index (χ3v) is 5.99. The van der Waals surface area contributed by atoms with Crippen LogP contribution in [0.2, 0.25) is 0 Å². The van der Waals surface area contributed by atoms with E-state index in [1.54, 1.807) is 6.20 Å². The van der Waals surface area contributed by atoms with Gasteiger partial charge in [-0.2, -0.15) is 10.2 Å². The summed E-state index contributed by atoms with van der Waals surface area (Å²) in [7, 11) is 2.05. The summed E-state index contributed by atoms with van der Waals surface area (Å²) in [5, 5.41) is 12.2. The molecule has 158 valence electrons. The number of aromatic nitrogens is 4. The largest absolute Gasteiger partial charge is 0.326 e. The van der Waals surface area contributed by atoms with Crippen LogP contribution in [-0.4, -0.2) is 39.1 Å². The molecule has 0 bridgehead atoms. The number of anilines is 1. The van der Waals surface area contributed by atoms with Crippen molar-refractivity contribution in [3.8, 4) is 5.69 Å². The number of nitrogens with one attached hydrogen (secondary N) is 2. The predicted octanol–water partition coefficient (Wildman–Crippen LogP) is 2.45. The van der Waals surface area contributed by atoms with Gasteiger partial charge < -0.3 is 10.2 Å². The van der Waals surface area contributed by atoms with Gasteiger partial charge in [0.2, 0.25) is 0 Å². The van der Waals surface area contributed by atoms with Gasteiger partial charge in [-0.25, -0.2) is 9.36 Å². The van der Waals surface area contributed by atoms with Gasteiger partial charge in [0.05, 0.1) is 41.9 Å². The molecule has 2 heterocycles. The van der Waals surface area contributed by atoms with Gasteiger partial charge >= 0.3 is 0 Å². The molecule has 0 radical (unpaired) electrons. The lowest BCUT2D eigenvalue weighted by Gasteiger charge is -2.17. The van der Waals surface area contributed by atoms with Crippen molar-refractivity contribution in [1.82, 2.24) is 19.6 Å². The van der Waals surface area contributed by atoms with E-state index in [2.05, 4.69) is 29.5 Å². The number of carbonyl (C=O) groups excluding carboxylic acids is 1. The van der Waals surface area contributed by atoms with E-state index in [4.69, 9.17) is 5.10 Å². The molecule has 1 aromatic carbocycles. The lowest BCUT2D eigenvalue weighted by molar-refractivity contribution is -0.885. The van der Waals surface area contributed by atoms with Crippen molar-refractivity contribution in [2.24, 2.45) is 0 Å². The molecule has 0 spiro atoms. The number of quaternary nitrogens is 1. The van der Waals surface area contributed by atoms with E-state index in [1.807, 2.05) is 47.6 Å². The van der Waals surface area contributed by atoms with Crippen LogP contribution in [0.15, 0.2) is 42.6 Å². The number of aryl methyl sites for hydroxylation is 1. The fraction of sp³-hybridized carbons (Fsp3) is 0.435. The summed E-state index contributed by atoms with van der Waals surface area (Å²) in [6, 6.07) is 12.5. The molecule has 3 aromatic rings. The van der Waals surface area contributed by atoms with Gasteiger partial charge in [-0.3, -0.25) is 4.79 Å². The zero-order chi connectivity index (χ0) is 21.1. The standard InChI is InChI=1S/C23H30N6O/c1-17-21(18(2)28(26-17)19-9-5-4-6-10-19)15-27(3)16-23(30)25-22-13-14-24-29(22)20-11-7-8-12-20/h4-6,9-10,13-14,20H,7-8,11-12,15-16H2,1-3H3,(H,25,30)/p+1. The van der Waals surface area contributed by atoms with Crippen LogP contribution >= 0.6 is 0 Å². The topological polar surface area (TPSA) is 69.2 Å². The first-order valence-corrected chi connectivity index (χ1v) is 10.8. The maximum atomic E-state index is 12.7. The molecule has 0 aliphatic heterocycles. The Bertz CT molecular complexity index is 1000. The molecule has 1 amide bonds. The molecule has 1 unspecified atom stereocenters. The van der Waals surface area contributed by atoms with E-state index in [9.17, 15) is 4.79 Å². The van der Waals surface area contributed by atoms with Crippen LogP contribution in [0.25, 0.3) is 5.69 Å². The van der Waals surface area contributed by atoms with Crippen molar-refractivity contribution >= 4 is 11.7 Å². The number of nitrogens with zero attached hydrogens (tertiary/aromatic N) is 4. The number of hydrogen-bond acceptors (Lipinski definition) is 3. The van der Waals surface area contributed by atoms with E-state index in [0.717, 1.165) is 47.2 Å². The van der Waals surface area contributed by atoms with Gasteiger partial charge in [0.25, 0.3) is 5.91 Å². The van der Waals surface area contributed by atoms with Crippen LogP contribution < -0.4 is 10.2 Å². The summed E-state index contributed by atoms with van der Waals surface area (Å²) in [5.41, 5.74) is 4.38. The average molecular weight is 408 g/mol. The van der Waals surface area contributed by atoms with Crippen LogP contribution in [0.4, 0.5) is 5.82 Å². The van der Waals surface area contributed by atoms with Gasteiger partial charge in [-0.05, 0) is 38.8 Å². The van der Waals surface area contributed by atoms with Gasteiger partial charge in [-0.15, -0.1) is 0 Å². The number of para-hydroxylation sites is 1. The van der Waals surface area contributed by atoms with E-state index in [-0.39, 0.29) is 5.91 Å². The molecule has 1 atom stereocenters. The second-order valence-corrected chi connectivity index (χ2v) is 8.35. The van der Waals surface area contributed by atoms with Gasteiger partial charge in [0.15, 0.2) is 6.54 Å². The lowest BCUT2D eigenvalue weighted by Crippen LogP contribution is -3.08. The molecule has 30 heavy (non-hydrogen) atoms. The first-order valence-electron chi connectivity index (χ1n) is 10.8. The minimum Gasteiger partial charge on any atom is -0.326 e. The number of benzene rings is 1. The third kappa shape index (κ3) is 4.31. The molecule has 1 aliphatic carbocycles. The first kappa shape index (κ1) is 20.3. The monoisotopic (exact) mass is 407 g/mol. The van der Waals surface area contributed by atoms with E-state index in [0.29, 0.717) is 12.6 Å². The molecule has 7 heteroatoms. The van der Waals surface area contributed by atoms with Crippen LogP contribution in [0.3, 0.4) is 0 Å². The van der Waals surface area contributed by atoms with Crippen molar-refractivity contribution < 1.29 is 9.69 Å². The third-order valence-electron chi connectivity index (χ3n) is 5.99. The van der Waals surface area contributed by atoms with Crippen molar-refractivity contribution in [1.29, 1.82) is 0 Å². The van der Waals surface area contributed by atoms with Crippen LogP contribution in [0.1, 0.15) is 48.7 Å². The highest BCUT2D eigenvalue weighted by molar-refractivity contribution is 5.90. The molecular formula is C23H31N6O+. The number of hydrogen-bond donors (Lipinski definition) is 2. The van der Waals surface area contributed by atoms with E-state index < -0.39 is 0 Å². The number of likely N-dealkylation sites (N-methyl/N-ethyl adjacent to an activating group) is 1. The summed E-state index contributed by atoms with van der Waals surface area (Å²) in [5.74, 6) is 0.821. The molecule has 0 saturated heterocycles. The Morgan fingerprint density at radius 3 is 2.63 bits per heavy atom. The summed E-state index contributed by atoms with van der Waals surface area (Å²) in [4.78, 5) is 13.8. The summed E-state index contributed by atoms with van der Waals surface area (Å²) in [6.45, 7) is 5.27. The number of rotatable bonds is 7. The van der Waals surface area contributed by atoms with Crippen molar-refractivity contribution in [3.63, 3.8) is 0 Å². The maximum Gasteiger partial charge on any atom is 0.280 e. The van der Waals surface area contributed by atoms with Crippen LogP contribution in [-0.2, 0) is 11.3 Å². The van der Waals surface area contributed by atoms with Crippen LogP contribution in [0.5, 0.6) is 0 Å². The highest BCUT2D eigenvalue weighted by Gasteiger charge is 2.22. The van der Waals surface area contributed by atoms with Gasteiger partial charge in [-0.1, -0.05) is 31.0 Å². The zero-order valence-corrected chi connectivity index (χ0v) is 18.1. The fourth-order valence-corrected chi connectivity index (χ4v) is 4.43. The minimum atomic E-state index is 0.0120. The SMILES string of the molecule is Cc1nn(-c2ccccc2)c(C)c1C[NH+](C)CC(=O)Nc1ccnn1C1CCCC1. The lowest BCUT2D eigenvalue weighted by atomic mass is 10.2. The number of carbonyl (C=O) groups is 1. The van der Waals surface area contributed by atoms with Crippen molar-refractivity contribution in [3.05, 3.63) is 59.5 Å². The Morgan fingerprint density at radius 1 is 1.17 bits per heavy atom. The smallest absolute Gasteiger partial charge is 0.280 e. The van der Waals surface area contributed by atoms with E-state index >= 15 is 0 Å². The quantitative estimate of drug-likeness (QED) is 0.632. The average Bonchev–Trinajstić information content (AvgIpc) is 3.46. The minimum absolute atomic E-state index is 0.0120. The van der Waals surface area contributed by atoms with E-state index in [1.165, 1.54) is 18.4 Å². The predicted molar refractivity (Wildman–Crippen MR) is 117 cm³/mol. The van der Waals surface area contributed by atoms with Crippen molar-refractivity contribution in [2.75, 3.05) is 18.9 Å². The normalized spacial score (nSPS) is 15.4. The molecule has 2 aromatic heterocycles. The van der Waals surface area contributed by atoms with Crippen LogP contribution in [0, 0.1) is 13.8 Å². The maximum absolute atomic E-state index is 12.7. The molecule has 2 N–H and O–H groups in total. The number of amides is 1. The Labute approximate surface area is 177 Å². The second kappa shape index (κ2) is 8.83. The Kier molecular flexibility index (Phi) is 5.99. The molecular weight excluding hydrogens is 376 g/mol. The fourth-order valence-electron chi connectivity index (χ4n) is 4.43. The molecule has 1 fully saturated rings. The second-order valence-electron chi connectivity index (χ2n) is 8.35.